The lowest BCUT2D eigenvalue weighted by Gasteiger charge is -2.00. The van der Waals surface area contributed by atoms with Gasteiger partial charge in [0.15, 0.2) is 10.8 Å². The highest BCUT2D eigenvalue weighted by Crippen LogP contribution is 2.32. The Bertz CT molecular complexity index is 718. The molecule has 0 amide bonds. The van der Waals surface area contributed by atoms with E-state index in [1.54, 1.807) is 0 Å². The fourth-order valence-corrected chi connectivity index (χ4v) is 2.39. The van der Waals surface area contributed by atoms with Gasteiger partial charge in [-0.1, -0.05) is 41.7 Å². The van der Waals surface area contributed by atoms with E-state index in [0.29, 0.717) is 10.0 Å². The molecule has 2 aromatic heterocycles. The average molecular weight is 296 g/mol. The van der Waals surface area contributed by atoms with Gasteiger partial charge in [-0.2, -0.15) is 13.2 Å². The molecule has 0 saturated carbocycles. The first-order valence-corrected chi connectivity index (χ1v) is 6.37. The van der Waals surface area contributed by atoms with Gasteiger partial charge in [-0.05, 0) is 0 Å². The second-order valence-corrected chi connectivity index (χ2v) is 4.90. The third-order valence-corrected chi connectivity index (χ3v) is 3.51. The number of aromatic amines is 1. The van der Waals surface area contributed by atoms with E-state index < -0.39 is 11.9 Å². The molecule has 3 rings (SSSR count). The molecule has 0 aliphatic rings. The largest absolute Gasteiger partial charge is 0.432 e. The molecule has 0 bridgehead atoms. The van der Waals surface area contributed by atoms with Crippen molar-refractivity contribution in [3.63, 3.8) is 0 Å². The van der Waals surface area contributed by atoms with Gasteiger partial charge in [0, 0.05) is 5.56 Å². The van der Waals surface area contributed by atoms with Crippen molar-refractivity contribution in [1.82, 2.24) is 20.2 Å². The highest BCUT2D eigenvalue weighted by atomic mass is 32.1. The van der Waals surface area contributed by atoms with E-state index in [0.717, 1.165) is 11.8 Å². The van der Waals surface area contributed by atoms with Gasteiger partial charge in [-0.3, -0.25) is 0 Å². The average Bonchev–Trinajstić information content (AvgIpc) is 3.08. The van der Waals surface area contributed by atoms with Gasteiger partial charge in [0.1, 0.15) is 10.7 Å². The van der Waals surface area contributed by atoms with E-state index >= 15 is 0 Å². The van der Waals surface area contributed by atoms with E-state index in [-0.39, 0.29) is 5.82 Å². The number of hydrogen-bond donors (Lipinski definition) is 1. The Morgan fingerprint density at radius 2 is 1.70 bits per heavy atom. The summed E-state index contributed by atoms with van der Waals surface area (Å²) >= 11 is 1.18. The SMILES string of the molecule is FC(F)(F)c1cnc(-c2nnc(-c3ccccc3)s2)[nH]1. The van der Waals surface area contributed by atoms with Crippen LogP contribution in [-0.2, 0) is 6.18 Å². The molecule has 3 aromatic rings. The Balaban J connectivity index is 1.93. The molecule has 0 radical (unpaired) electrons. The molecule has 0 atom stereocenters. The fourth-order valence-electron chi connectivity index (χ4n) is 1.59. The third-order valence-electron chi connectivity index (χ3n) is 2.53. The molecule has 4 nitrogen and oxygen atoms in total. The predicted octanol–water partition coefficient (Wildman–Crippen LogP) is 3.61. The van der Waals surface area contributed by atoms with Gasteiger partial charge < -0.3 is 4.98 Å². The summed E-state index contributed by atoms with van der Waals surface area (Å²) < 4.78 is 37.4. The number of nitrogens with zero attached hydrogens (tertiary/aromatic N) is 3. The van der Waals surface area contributed by atoms with Crippen molar-refractivity contribution in [3.05, 3.63) is 42.2 Å². The molecule has 1 N–H and O–H groups in total. The van der Waals surface area contributed by atoms with Crippen LogP contribution in [0, 0.1) is 0 Å². The van der Waals surface area contributed by atoms with E-state index in [9.17, 15) is 13.2 Å². The summed E-state index contributed by atoms with van der Waals surface area (Å²) in [6, 6.07) is 9.28. The van der Waals surface area contributed by atoms with Crippen molar-refractivity contribution in [2.45, 2.75) is 6.18 Å². The summed E-state index contributed by atoms with van der Waals surface area (Å²) in [6.45, 7) is 0. The smallest absolute Gasteiger partial charge is 0.332 e. The van der Waals surface area contributed by atoms with Crippen LogP contribution in [0.3, 0.4) is 0 Å². The van der Waals surface area contributed by atoms with Crippen molar-refractivity contribution in [3.8, 4) is 21.4 Å². The summed E-state index contributed by atoms with van der Waals surface area (Å²) in [4.78, 5) is 5.90. The molecular formula is C12H7F3N4S. The maximum atomic E-state index is 12.5. The minimum atomic E-state index is -4.45. The zero-order valence-corrected chi connectivity index (χ0v) is 10.7. The lowest BCUT2D eigenvalue weighted by Crippen LogP contribution is -2.04. The van der Waals surface area contributed by atoms with Gasteiger partial charge in [-0.15, -0.1) is 10.2 Å². The Morgan fingerprint density at radius 3 is 2.35 bits per heavy atom. The third kappa shape index (κ3) is 2.42. The topological polar surface area (TPSA) is 54.5 Å². The highest BCUT2D eigenvalue weighted by molar-refractivity contribution is 7.17. The van der Waals surface area contributed by atoms with Crippen LogP contribution in [0.5, 0.6) is 0 Å². The number of halogens is 3. The summed E-state index contributed by atoms with van der Waals surface area (Å²) in [5.74, 6) is 0.0667. The van der Waals surface area contributed by atoms with Crippen molar-refractivity contribution < 1.29 is 13.2 Å². The Hall–Kier alpha value is -2.22. The lowest BCUT2D eigenvalue weighted by molar-refractivity contribution is -0.140. The van der Waals surface area contributed by atoms with E-state index in [2.05, 4.69) is 20.2 Å². The van der Waals surface area contributed by atoms with Gasteiger partial charge in [0.2, 0.25) is 0 Å². The minimum Gasteiger partial charge on any atom is -0.332 e. The molecule has 102 valence electrons. The Kier molecular flexibility index (Phi) is 3.01. The number of nitrogens with one attached hydrogen (secondary N) is 1. The summed E-state index contributed by atoms with van der Waals surface area (Å²) in [5.41, 5.74) is -0.0391. The monoisotopic (exact) mass is 296 g/mol. The number of imidazole rings is 1. The maximum absolute atomic E-state index is 12.5. The van der Waals surface area contributed by atoms with Crippen LogP contribution in [0.2, 0.25) is 0 Å². The number of alkyl halides is 3. The van der Waals surface area contributed by atoms with Crippen LogP contribution in [0.1, 0.15) is 5.69 Å². The molecule has 0 saturated heterocycles. The van der Waals surface area contributed by atoms with Crippen molar-refractivity contribution in [2.24, 2.45) is 0 Å². The van der Waals surface area contributed by atoms with Gasteiger partial charge in [-0.25, -0.2) is 4.98 Å². The van der Waals surface area contributed by atoms with E-state index in [1.807, 2.05) is 30.3 Å². The molecule has 1 aromatic carbocycles. The van der Waals surface area contributed by atoms with Gasteiger partial charge >= 0.3 is 6.18 Å². The molecule has 2 heterocycles. The standard InChI is InChI=1S/C12H7F3N4S/c13-12(14,15)8-6-16-9(17-8)11-19-18-10(20-11)7-4-2-1-3-5-7/h1-6H,(H,16,17). The molecule has 0 unspecified atom stereocenters. The normalized spacial score (nSPS) is 11.8. The zero-order valence-electron chi connectivity index (χ0n) is 9.85. The summed E-state index contributed by atoms with van der Waals surface area (Å²) in [6.07, 6.45) is -3.70. The number of rotatable bonds is 2. The maximum Gasteiger partial charge on any atom is 0.432 e. The lowest BCUT2D eigenvalue weighted by atomic mass is 10.2. The van der Waals surface area contributed by atoms with Crippen molar-refractivity contribution >= 4 is 11.3 Å². The van der Waals surface area contributed by atoms with Crippen LogP contribution in [0.4, 0.5) is 13.2 Å². The fraction of sp³-hybridized carbons (Fsp3) is 0.0833. The first-order chi connectivity index (χ1) is 9.54. The van der Waals surface area contributed by atoms with E-state index in [4.69, 9.17) is 0 Å². The van der Waals surface area contributed by atoms with Crippen LogP contribution < -0.4 is 0 Å². The quantitative estimate of drug-likeness (QED) is 0.786. The molecule has 0 fully saturated rings. The molecule has 8 heteroatoms. The van der Waals surface area contributed by atoms with E-state index in [1.165, 1.54) is 11.3 Å². The first-order valence-electron chi connectivity index (χ1n) is 5.55. The number of aromatic nitrogens is 4. The summed E-state index contributed by atoms with van der Waals surface area (Å²) in [5, 5.41) is 8.78. The Labute approximate surface area is 115 Å². The second kappa shape index (κ2) is 4.71. The van der Waals surface area contributed by atoms with Crippen molar-refractivity contribution in [1.29, 1.82) is 0 Å². The molecule has 20 heavy (non-hydrogen) atoms. The zero-order chi connectivity index (χ0) is 14.2. The van der Waals surface area contributed by atoms with Crippen LogP contribution in [-0.4, -0.2) is 20.2 Å². The summed E-state index contributed by atoms with van der Waals surface area (Å²) in [7, 11) is 0. The molecule has 0 aliphatic heterocycles. The van der Waals surface area contributed by atoms with Gasteiger partial charge in [0.25, 0.3) is 0 Å². The molecular weight excluding hydrogens is 289 g/mol. The number of benzene rings is 1. The second-order valence-electron chi connectivity index (χ2n) is 3.92. The minimum absolute atomic E-state index is 0.0667. The number of H-pyrrole nitrogens is 1. The van der Waals surface area contributed by atoms with Crippen LogP contribution >= 0.6 is 11.3 Å². The first kappa shape index (κ1) is 12.8. The van der Waals surface area contributed by atoms with Crippen LogP contribution in [0.15, 0.2) is 36.5 Å². The number of hydrogen-bond acceptors (Lipinski definition) is 4. The van der Waals surface area contributed by atoms with Crippen LogP contribution in [0.25, 0.3) is 21.4 Å². The highest BCUT2D eigenvalue weighted by Gasteiger charge is 2.33. The van der Waals surface area contributed by atoms with Crippen molar-refractivity contribution in [2.75, 3.05) is 0 Å². The predicted molar refractivity (Wildman–Crippen MR) is 67.9 cm³/mol. The van der Waals surface area contributed by atoms with Gasteiger partial charge in [0.05, 0.1) is 6.20 Å². The Morgan fingerprint density at radius 1 is 1.00 bits per heavy atom. The molecule has 0 aliphatic carbocycles. The molecule has 0 spiro atoms.